The molecule has 0 spiro atoms. The Labute approximate surface area is 120 Å². The van der Waals surface area contributed by atoms with Crippen molar-refractivity contribution in [1.82, 2.24) is 4.72 Å². The smallest absolute Gasteiger partial charge is 0.207 e. The van der Waals surface area contributed by atoms with Gasteiger partial charge in [0.25, 0.3) is 0 Å². The van der Waals surface area contributed by atoms with Gasteiger partial charge in [-0.3, -0.25) is 0 Å². The molecule has 7 heteroatoms. The molecule has 3 nitrogen and oxygen atoms in total. The third-order valence-corrected chi connectivity index (χ3v) is 4.44. The van der Waals surface area contributed by atoms with E-state index in [1.165, 1.54) is 24.3 Å². The van der Waals surface area contributed by atoms with Crippen LogP contribution in [0.25, 0.3) is 0 Å². The Balaban J connectivity index is 2.24. The van der Waals surface area contributed by atoms with Crippen LogP contribution in [0.1, 0.15) is 18.5 Å². The van der Waals surface area contributed by atoms with Gasteiger partial charge in [-0.05, 0) is 42.8 Å². The quantitative estimate of drug-likeness (QED) is 0.942. The Kier molecular flexibility index (Phi) is 4.34. The average Bonchev–Trinajstić information content (AvgIpc) is 2.42. The molecule has 112 valence electrons. The zero-order chi connectivity index (χ0) is 15.6. The molecule has 1 N–H and O–H groups in total. The van der Waals surface area contributed by atoms with E-state index in [1.54, 1.807) is 6.92 Å². The average molecular weight is 315 g/mol. The van der Waals surface area contributed by atoms with Crippen LogP contribution in [0.5, 0.6) is 0 Å². The molecule has 0 heterocycles. The molecule has 0 aliphatic carbocycles. The van der Waals surface area contributed by atoms with Gasteiger partial charge in [0.1, 0.15) is 5.82 Å². The molecule has 0 radical (unpaired) electrons. The summed E-state index contributed by atoms with van der Waals surface area (Å²) in [6.45, 7) is 1.56. The molecular formula is C14H12F3NO2S. The van der Waals surface area contributed by atoms with Gasteiger partial charge in [-0.1, -0.05) is 12.1 Å². The number of hydrogen-bond acceptors (Lipinski definition) is 2. The summed E-state index contributed by atoms with van der Waals surface area (Å²) in [6, 6.07) is 6.96. The summed E-state index contributed by atoms with van der Waals surface area (Å²) in [7, 11) is -4.01. The Morgan fingerprint density at radius 2 is 1.57 bits per heavy atom. The topological polar surface area (TPSA) is 46.2 Å². The predicted octanol–water partition coefficient (Wildman–Crippen LogP) is 3.14. The first-order valence-corrected chi connectivity index (χ1v) is 7.51. The van der Waals surface area contributed by atoms with Crippen molar-refractivity contribution in [3.8, 4) is 0 Å². The van der Waals surface area contributed by atoms with Gasteiger partial charge in [0, 0.05) is 6.04 Å². The van der Waals surface area contributed by atoms with E-state index in [9.17, 15) is 21.6 Å². The van der Waals surface area contributed by atoms with Gasteiger partial charge in [-0.15, -0.1) is 0 Å². The fourth-order valence-corrected chi connectivity index (χ4v) is 3.01. The second kappa shape index (κ2) is 5.87. The summed E-state index contributed by atoms with van der Waals surface area (Å²) in [5, 5.41) is 0. The second-order valence-corrected chi connectivity index (χ2v) is 6.18. The third kappa shape index (κ3) is 3.62. The van der Waals surface area contributed by atoms with Gasteiger partial charge in [0.05, 0.1) is 4.90 Å². The van der Waals surface area contributed by atoms with Crippen LogP contribution in [0.4, 0.5) is 13.2 Å². The van der Waals surface area contributed by atoms with E-state index in [2.05, 4.69) is 4.72 Å². The van der Waals surface area contributed by atoms with Crippen molar-refractivity contribution in [2.45, 2.75) is 17.9 Å². The van der Waals surface area contributed by atoms with Crippen LogP contribution in [0.15, 0.2) is 47.4 Å². The van der Waals surface area contributed by atoms with Crippen molar-refractivity contribution in [3.63, 3.8) is 0 Å². The Morgan fingerprint density at radius 1 is 0.952 bits per heavy atom. The van der Waals surface area contributed by atoms with E-state index >= 15 is 0 Å². The highest BCUT2D eigenvalue weighted by Crippen LogP contribution is 2.18. The van der Waals surface area contributed by atoms with Crippen molar-refractivity contribution in [1.29, 1.82) is 0 Å². The van der Waals surface area contributed by atoms with E-state index in [0.29, 0.717) is 11.6 Å². The molecule has 2 aromatic rings. The molecule has 0 bridgehead atoms. The van der Waals surface area contributed by atoms with Gasteiger partial charge in [-0.2, -0.15) is 0 Å². The lowest BCUT2D eigenvalue weighted by Crippen LogP contribution is -2.27. The second-order valence-electron chi connectivity index (χ2n) is 4.47. The third-order valence-electron chi connectivity index (χ3n) is 2.90. The number of rotatable bonds is 4. The van der Waals surface area contributed by atoms with E-state index in [0.717, 1.165) is 12.1 Å². The highest BCUT2D eigenvalue weighted by molar-refractivity contribution is 7.89. The molecule has 0 saturated heterocycles. The number of sulfonamides is 1. The van der Waals surface area contributed by atoms with Crippen LogP contribution in [-0.2, 0) is 10.0 Å². The van der Waals surface area contributed by atoms with Crippen molar-refractivity contribution in [2.75, 3.05) is 0 Å². The van der Waals surface area contributed by atoms with Crippen molar-refractivity contribution in [3.05, 3.63) is 65.5 Å². The highest BCUT2D eigenvalue weighted by atomic mass is 32.2. The molecule has 0 aliphatic rings. The first kappa shape index (κ1) is 15.5. The summed E-state index contributed by atoms with van der Waals surface area (Å²) >= 11 is 0. The molecule has 0 aliphatic heterocycles. The van der Waals surface area contributed by atoms with Gasteiger partial charge < -0.3 is 0 Å². The zero-order valence-corrected chi connectivity index (χ0v) is 11.8. The first-order chi connectivity index (χ1) is 9.79. The van der Waals surface area contributed by atoms with Gasteiger partial charge in [-0.25, -0.2) is 26.3 Å². The molecule has 1 atom stereocenters. The molecule has 0 unspecified atom stereocenters. The van der Waals surface area contributed by atoms with Crippen LogP contribution in [0.2, 0.25) is 0 Å². The normalized spacial score (nSPS) is 13.1. The number of benzene rings is 2. The largest absolute Gasteiger partial charge is 0.241 e. The predicted molar refractivity (Wildman–Crippen MR) is 71.5 cm³/mol. The van der Waals surface area contributed by atoms with E-state index in [-0.39, 0.29) is 4.90 Å². The lowest BCUT2D eigenvalue weighted by Gasteiger charge is -2.14. The lowest BCUT2D eigenvalue weighted by molar-refractivity contribution is 0.503. The minimum absolute atomic E-state index is 0.379. The standard InChI is InChI=1S/C14H12F3NO2S/c1-9(10-2-4-11(15)5-3-10)18-21(19,20)12-6-7-13(16)14(17)8-12/h2-9,18H,1H3/t9-/m1/s1. The maximum Gasteiger partial charge on any atom is 0.241 e. The Morgan fingerprint density at radius 3 is 2.14 bits per heavy atom. The van der Waals surface area contributed by atoms with Crippen LogP contribution < -0.4 is 4.72 Å². The summed E-state index contributed by atoms with van der Waals surface area (Å²) in [5.41, 5.74) is 0.544. The van der Waals surface area contributed by atoms with Crippen molar-refractivity contribution < 1.29 is 21.6 Å². The fourth-order valence-electron chi connectivity index (χ4n) is 1.76. The van der Waals surface area contributed by atoms with Crippen molar-refractivity contribution >= 4 is 10.0 Å². The molecule has 0 fully saturated rings. The minimum atomic E-state index is -4.01. The van der Waals surface area contributed by atoms with Crippen LogP contribution in [0.3, 0.4) is 0 Å². The molecule has 0 saturated carbocycles. The minimum Gasteiger partial charge on any atom is -0.207 e. The summed E-state index contributed by atoms with van der Waals surface area (Å²) < 4.78 is 65.2. The monoisotopic (exact) mass is 315 g/mol. The highest BCUT2D eigenvalue weighted by Gasteiger charge is 2.20. The first-order valence-electron chi connectivity index (χ1n) is 6.02. The number of hydrogen-bond donors (Lipinski definition) is 1. The van der Waals surface area contributed by atoms with E-state index in [4.69, 9.17) is 0 Å². The van der Waals surface area contributed by atoms with Gasteiger partial charge >= 0.3 is 0 Å². The SMILES string of the molecule is C[C@@H](NS(=O)(=O)c1ccc(F)c(F)c1)c1ccc(F)cc1. The maximum absolute atomic E-state index is 13.1. The van der Waals surface area contributed by atoms with Crippen LogP contribution in [-0.4, -0.2) is 8.42 Å². The van der Waals surface area contributed by atoms with Crippen molar-refractivity contribution in [2.24, 2.45) is 0 Å². The number of nitrogens with one attached hydrogen (secondary N) is 1. The van der Waals surface area contributed by atoms with E-state index in [1.807, 2.05) is 0 Å². The fraction of sp³-hybridized carbons (Fsp3) is 0.143. The lowest BCUT2D eigenvalue weighted by atomic mass is 10.1. The van der Waals surface area contributed by atoms with Crippen LogP contribution >= 0.6 is 0 Å². The number of halogens is 3. The van der Waals surface area contributed by atoms with Gasteiger partial charge in [0.2, 0.25) is 10.0 Å². The maximum atomic E-state index is 13.1. The zero-order valence-electron chi connectivity index (χ0n) is 11.0. The molecule has 2 rings (SSSR count). The Bertz CT molecular complexity index is 745. The molecule has 0 amide bonds. The van der Waals surface area contributed by atoms with E-state index < -0.39 is 33.5 Å². The summed E-state index contributed by atoms with van der Waals surface area (Å²) in [6.07, 6.45) is 0. The summed E-state index contributed by atoms with van der Waals surface area (Å²) in [5.74, 6) is -2.80. The molecule has 2 aromatic carbocycles. The molecular weight excluding hydrogens is 303 g/mol. The Hall–Kier alpha value is -1.86. The summed E-state index contributed by atoms with van der Waals surface area (Å²) in [4.78, 5) is -0.379. The molecule has 21 heavy (non-hydrogen) atoms. The molecule has 0 aromatic heterocycles. The van der Waals surface area contributed by atoms with Crippen LogP contribution in [0, 0.1) is 17.5 Å². The van der Waals surface area contributed by atoms with Gasteiger partial charge in [0.15, 0.2) is 11.6 Å².